The number of rotatable bonds is 0. The minimum atomic E-state index is 0. The van der Waals surface area contributed by atoms with E-state index in [0.717, 1.165) is 0 Å². The smallest absolute Gasteiger partial charge is 2.00 e. The second-order valence-corrected chi connectivity index (χ2v) is 0. The van der Waals surface area contributed by atoms with Gasteiger partial charge in [0.15, 0.2) is 0 Å². The van der Waals surface area contributed by atoms with Crippen LogP contribution in [0.3, 0.4) is 0 Å². The van der Waals surface area contributed by atoms with Gasteiger partial charge < -0.3 is 16.4 Å². The largest absolute Gasteiger partial charge is 3.00 e. The Hall–Kier alpha value is 2.91. The number of hydrogen-bond acceptors (Lipinski definition) is 0. The van der Waals surface area contributed by atoms with Crippen molar-refractivity contribution in [3.05, 3.63) is 0 Å². The van der Waals surface area contributed by atoms with Gasteiger partial charge in [0.05, 0.1) is 0 Å². The maximum absolute atomic E-state index is 0. The molecule has 0 heterocycles. The molecule has 0 fully saturated rings. The zero-order valence-electron chi connectivity index (χ0n) is 3.38. The van der Waals surface area contributed by atoms with Crippen LogP contribution in [0, 0.1) is 0 Å². The number of hydrogen-bond donors (Lipinski definition) is 0. The molecule has 0 aliphatic heterocycles. The maximum Gasteiger partial charge on any atom is 3.00 e. The van der Waals surface area contributed by atoms with Gasteiger partial charge in [0, 0.05) is 21.9 Å². The third kappa shape index (κ3) is 102. The molecule has 0 rings (SSSR count). The van der Waals surface area contributed by atoms with Crippen LogP contribution >= 0.6 is 0 Å². The van der Waals surface area contributed by atoms with Crippen molar-refractivity contribution in [3.63, 3.8) is 0 Å². The summed E-state index contributed by atoms with van der Waals surface area (Å²) < 4.78 is 0. The third-order valence-electron chi connectivity index (χ3n) is 0. The molecular weight excluding hydrogens is 207 g/mol. The molecule has 0 aromatic heterocycles. The van der Waals surface area contributed by atoms with Crippen LogP contribution in [0.4, 0.5) is 0 Å². The first-order chi connectivity index (χ1) is 0. The minimum absolute atomic E-state index is 0. The van der Waals surface area contributed by atoms with E-state index in [1.165, 1.54) is 0 Å². The minimum Gasteiger partial charge on any atom is -2.00 e. The first-order valence-corrected chi connectivity index (χ1v) is 0. The molecular formula is H4Al2Mg2O3Si2. The first kappa shape index (κ1) is 167. The Kier molecular flexibility index (Phi) is 2350. The van der Waals surface area contributed by atoms with Crippen LogP contribution in [-0.4, -0.2) is 103 Å². The van der Waals surface area contributed by atoms with Crippen LogP contribution in [0.25, 0.3) is 0 Å². The molecule has 0 saturated heterocycles. The summed E-state index contributed by atoms with van der Waals surface area (Å²) in [5.41, 5.74) is 0. The van der Waals surface area contributed by atoms with E-state index in [2.05, 4.69) is 0 Å². The average molecular weight is 211 g/mol. The van der Waals surface area contributed by atoms with Crippen molar-refractivity contribution in [2.24, 2.45) is 0 Å². The Balaban J connectivity index is 0. The van der Waals surface area contributed by atoms with E-state index < -0.39 is 0 Å². The fraction of sp³-hybridized carbons (Fsp3) is 0. The van der Waals surface area contributed by atoms with E-state index in [1.807, 2.05) is 0 Å². The summed E-state index contributed by atoms with van der Waals surface area (Å²) in [4.78, 5) is 0. The predicted molar refractivity (Wildman–Crippen MR) is 42.2 cm³/mol. The van der Waals surface area contributed by atoms with E-state index in [0.29, 0.717) is 0 Å². The quantitative estimate of drug-likeness (QED) is 0.369. The van der Waals surface area contributed by atoms with E-state index in [-0.39, 0.29) is 119 Å². The Morgan fingerprint density at radius 3 is 0.444 bits per heavy atom. The zero-order valence-corrected chi connectivity index (χ0v) is 7.69. The Morgan fingerprint density at radius 1 is 0.444 bits per heavy atom. The Morgan fingerprint density at radius 2 is 0.444 bits per heavy atom. The summed E-state index contributed by atoms with van der Waals surface area (Å²) in [6, 6.07) is 0. The molecule has 0 bridgehead atoms. The van der Waals surface area contributed by atoms with Gasteiger partial charge in [-0.25, -0.2) is 0 Å². The van der Waals surface area contributed by atoms with Crippen molar-refractivity contribution < 1.29 is 16.4 Å². The molecule has 0 spiro atoms. The van der Waals surface area contributed by atoms with Crippen molar-refractivity contribution in [1.82, 2.24) is 0 Å². The van der Waals surface area contributed by atoms with Crippen molar-refractivity contribution in [1.29, 1.82) is 0 Å². The molecule has 3 nitrogen and oxygen atoms in total. The summed E-state index contributed by atoms with van der Waals surface area (Å²) in [5.74, 6) is 0. The first-order valence-electron chi connectivity index (χ1n) is 0. The molecule has 8 radical (unpaired) electrons. The third-order valence-corrected chi connectivity index (χ3v) is 0. The molecule has 0 aromatic rings. The summed E-state index contributed by atoms with van der Waals surface area (Å²) in [5, 5.41) is 0. The van der Waals surface area contributed by atoms with Crippen LogP contribution in [0.15, 0.2) is 0 Å². The summed E-state index contributed by atoms with van der Waals surface area (Å²) >= 11 is 0. The molecule has 0 saturated carbocycles. The van der Waals surface area contributed by atoms with Gasteiger partial charge in [-0.05, 0) is 0 Å². The van der Waals surface area contributed by atoms with Gasteiger partial charge in [0.1, 0.15) is 0 Å². The molecule has 0 aromatic carbocycles. The maximum atomic E-state index is 0. The molecule has 9 heteroatoms. The van der Waals surface area contributed by atoms with Crippen LogP contribution in [0.2, 0.25) is 0 Å². The molecule has 9 heavy (non-hydrogen) atoms. The van der Waals surface area contributed by atoms with Gasteiger partial charge >= 0.3 is 80.8 Å². The molecule has 0 aliphatic carbocycles. The van der Waals surface area contributed by atoms with Crippen molar-refractivity contribution in [2.45, 2.75) is 0 Å². The van der Waals surface area contributed by atoms with Crippen molar-refractivity contribution in [2.75, 3.05) is 0 Å². The van der Waals surface area contributed by atoms with E-state index in [9.17, 15) is 0 Å². The summed E-state index contributed by atoms with van der Waals surface area (Å²) in [7, 11) is 0. The van der Waals surface area contributed by atoms with Crippen LogP contribution in [-0.2, 0) is 16.4 Å². The van der Waals surface area contributed by atoms with Gasteiger partial charge in [-0.3, -0.25) is 0 Å². The second-order valence-electron chi connectivity index (χ2n) is 0. The fourth-order valence-electron chi connectivity index (χ4n) is 0. The molecule has 0 N–H and O–H groups in total. The summed E-state index contributed by atoms with van der Waals surface area (Å²) in [6.45, 7) is 0. The van der Waals surface area contributed by atoms with Gasteiger partial charge in [0.2, 0.25) is 0 Å². The van der Waals surface area contributed by atoms with Gasteiger partial charge in [-0.2, -0.15) is 0 Å². The Bertz CT molecular complexity index is 17.8. The van der Waals surface area contributed by atoms with Gasteiger partial charge in [-0.15, -0.1) is 0 Å². The van der Waals surface area contributed by atoms with Crippen LogP contribution in [0.5, 0.6) is 0 Å². The fourth-order valence-corrected chi connectivity index (χ4v) is 0. The monoisotopic (exact) mass is 210 g/mol. The predicted octanol–water partition coefficient (Wildman–Crippen LogP) is -3.71. The molecule has 0 aliphatic rings. The van der Waals surface area contributed by atoms with Crippen molar-refractivity contribution in [3.8, 4) is 0 Å². The van der Waals surface area contributed by atoms with E-state index >= 15 is 0 Å². The van der Waals surface area contributed by atoms with Crippen LogP contribution in [0.1, 0.15) is 0 Å². The molecule has 0 atom stereocenters. The zero-order chi connectivity index (χ0) is 0. The SMILES string of the molecule is [Al+3].[Al+3].[MgH2].[MgH2].[O-2].[O-2].[O-2].[Si].[Si]. The van der Waals surface area contributed by atoms with Gasteiger partial charge in [-0.1, -0.05) is 0 Å². The van der Waals surface area contributed by atoms with E-state index in [4.69, 9.17) is 0 Å². The molecule has 0 amide bonds. The Labute approximate surface area is 118 Å². The standard InChI is InChI=1S/2Al.2Mg.3O.2Si.4H/q2*+3;;;3*-2;;;;;;. The van der Waals surface area contributed by atoms with Crippen molar-refractivity contribution >= 4 is 103 Å². The summed E-state index contributed by atoms with van der Waals surface area (Å²) in [6.07, 6.45) is 0. The molecule has 0 unspecified atom stereocenters. The second kappa shape index (κ2) is 126. The topological polar surface area (TPSA) is 85.5 Å². The average Bonchev–Trinajstić information content (AvgIpc) is 0. The van der Waals surface area contributed by atoms with E-state index in [1.54, 1.807) is 0 Å². The molecule has 40 valence electrons. The van der Waals surface area contributed by atoms with Gasteiger partial charge in [0.25, 0.3) is 0 Å². The normalized spacial score (nSPS) is 0. The van der Waals surface area contributed by atoms with Crippen LogP contribution < -0.4 is 0 Å².